The van der Waals surface area contributed by atoms with Gasteiger partial charge in [-0.25, -0.2) is 9.97 Å². The largest absolute Gasteiger partial charge is 1.00 e. The first-order valence-corrected chi connectivity index (χ1v) is 7.51. The summed E-state index contributed by atoms with van der Waals surface area (Å²) in [6, 6.07) is 8.03. The lowest BCUT2D eigenvalue weighted by Crippen LogP contribution is -3.00. The zero-order chi connectivity index (χ0) is 14.8. The molecule has 4 rings (SSSR count). The number of rotatable bonds is 3. The molecule has 0 amide bonds. The highest BCUT2D eigenvalue weighted by atomic mass is 35.5. The van der Waals surface area contributed by atoms with Gasteiger partial charge in [-0.2, -0.15) is 0 Å². The molecule has 0 saturated carbocycles. The molecule has 2 aliphatic heterocycles. The lowest BCUT2D eigenvalue weighted by atomic mass is 10.1. The molecule has 0 spiro atoms. The molecule has 0 atom stereocenters. The third kappa shape index (κ3) is 3.87. The number of piperazine rings is 1. The Morgan fingerprint density at radius 1 is 0.958 bits per heavy atom. The Morgan fingerprint density at radius 3 is 2.42 bits per heavy atom. The quantitative estimate of drug-likeness (QED) is 0.619. The first-order valence-electron chi connectivity index (χ1n) is 7.51. The van der Waals surface area contributed by atoms with E-state index in [4.69, 9.17) is 9.47 Å². The lowest BCUT2D eigenvalue weighted by molar-refractivity contribution is -0.00000733. The van der Waals surface area contributed by atoms with Crippen molar-refractivity contribution in [3.05, 3.63) is 42.2 Å². The summed E-state index contributed by atoms with van der Waals surface area (Å²) in [6.07, 6.45) is 3.59. The average Bonchev–Trinajstić information content (AvgIpc) is 3.04. The number of halogens is 1. The van der Waals surface area contributed by atoms with Gasteiger partial charge in [0.05, 0.1) is 0 Å². The zero-order valence-corrected chi connectivity index (χ0v) is 13.9. The van der Waals surface area contributed by atoms with Gasteiger partial charge in [-0.1, -0.05) is 6.07 Å². The summed E-state index contributed by atoms with van der Waals surface area (Å²) in [5, 5.41) is 0. The second-order valence-electron chi connectivity index (χ2n) is 5.50. The van der Waals surface area contributed by atoms with Crippen LogP contribution in [-0.2, 0) is 6.54 Å². The zero-order valence-electron chi connectivity index (χ0n) is 13.2. The smallest absolute Gasteiger partial charge is 0.231 e. The number of benzene rings is 1. The fraction of sp³-hybridized carbons (Fsp3) is 0.375. The molecular formula is C16H20ClN4O3-. The highest BCUT2D eigenvalue weighted by Gasteiger charge is 2.20. The molecule has 2 aliphatic rings. The Morgan fingerprint density at radius 2 is 1.67 bits per heavy atom. The van der Waals surface area contributed by atoms with Gasteiger partial charge in [-0.3, -0.25) is 4.90 Å². The van der Waals surface area contributed by atoms with E-state index in [1.54, 1.807) is 12.4 Å². The van der Waals surface area contributed by atoms with Crippen LogP contribution < -0.4 is 26.8 Å². The van der Waals surface area contributed by atoms with Gasteiger partial charge < -0.3 is 32.3 Å². The first-order chi connectivity index (χ1) is 10.9. The van der Waals surface area contributed by atoms with Crippen LogP contribution in [-0.4, -0.2) is 53.3 Å². The van der Waals surface area contributed by atoms with E-state index in [0.717, 1.165) is 50.2 Å². The fourth-order valence-electron chi connectivity index (χ4n) is 2.86. The van der Waals surface area contributed by atoms with Crippen LogP contribution in [0.2, 0.25) is 0 Å². The lowest BCUT2D eigenvalue weighted by Gasteiger charge is -2.34. The molecule has 7 nitrogen and oxygen atoms in total. The van der Waals surface area contributed by atoms with Crippen molar-refractivity contribution in [3.8, 4) is 11.5 Å². The SMILES string of the molecule is O.[Cl-].c1cnc(N2CCN(Cc3ccc4c(c3)OCO4)CC2)nc1. The molecule has 130 valence electrons. The van der Waals surface area contributed by atoms with Crippen molar-refractivity contribution >= 4 is 5.95 Å². The van der Waals surface area contributed by atoms with Crippen molar-refractivity contribution < 1.29 is 27.4 Å². The second-order valence-corrected chi connectivity index (χ2v) is 5.50. The van der Waals surface area contributed by atoms with Gasteiger partial charge in [0.15, 0.2) is 11.5 Å². The minimum absolute atomic E-state index is 0. The van der Waals surface area contributed by atoms with Crippen LogP contribution in [0.15, 0.2) is 36.7 Å². The summed E-state index contributed by atoms with van der Waals surface area (Å²) >= 11 is 0. The second kappa shape index (κ2) is 8.14. The van der Waals surface area contributed by atoms with E-state index in [-0.39, 0.29) is 17.9 Å². The molecule has 0 unspecified atom stereocenters. The molecule has 0 radical (unpaired) electrons. The van der Waals surface area contributed by atoms with Gasteiger partial charge in [0.25, 0.3) is 0 Å². The molecule has 0 bridgehead atoms. The van der Waals surface area contributed by atoms with Crippen LogP contribution >= 0.6 is 0 Å². The maximum absolute atomic E-state index is 5.44. The normalized spacial score (nSPS) is 16.2. The molecule has 2 N–H and O–H groups in total. The summed E-state index contributed by atoms with van der Waals surface area (Å²) < 4.78 is 10.8. The molecule has 3 heterocycles. The molecule has 1 aromatic heterocycles. The van der Waals surface area contributed by atoms with E-state index in [0.29, 0.717) is 6.79 Å². The molecule has 1 saturated heterocycles. The highest BCUT2D eigenvalue weighted by Crippen LogP contribution is 2.32. The highest BCUT2D eigenvalue weighted by molar-refractivity contribution is 5.44. The fourth-order valence-corrected chi connectivity index (χ4v) is 2.86. The Kier molecular flexibility index (Phi) is 6.19. The first kappa shape index (κ1) is 18.3. The molecule has 1 aromatic carbocycles. The molecular weight excluding hydrogens is 332 g/mol. The summed E-state index contributed by atoms with van der Waals surface area (Å²) in [6.45, 7) is 5.18. The van der Waals surface area contributed by atoms with Crippen molar-refractivity contribution in [2.75, 3.05) is 37.9 Å². The van der Waals surface area contributed by atoms with Gasteiger partial charge in [-0.15, -0.1) is 0 Å². The van der Waals surface area contributed by atoms with E-state index < -0.39 is 0 Å². The third-order valence-corrected chi connectivity index (χ3v) is 4.05. The minimum atomic E-state index is 0. The van der Waals surface area contributed by atoms with Crippen LogP contribution in [0.4, 0.5) is 5.95 Å². The van der Waals surface area contributed by atoms with Crippen molar-refractivity contribution in [2.24, 2.45) is 0 Å². The van der Waals surface area contributed by atoms with Crippen LogP contribution in [0.5, 0.6) is 11.5 Å². The molecule has 0 aliphatic carbocycles. The number of nitrogens with zero attached hydrogens (tertiary/aromatic N) is 4. The van der Waals surface area contributed by atoms with Crippen molar-refractivity contribution in [1.29, 1.82) is 0 Å². The molecule has 1 fully saturated rings. The maximum Gasteiger partial charge on any atom is 0.231 e. The van der Waals surface area contributed by atoms with Gasteiger partial charge >= 0.3 is 0 Å². The maximum atomic E-state index is 5.44. The van der Waals surface area contributed by atoms with E-state index in [9.17, 15) is 0 Å². The van der Waals surface area contributed by atoms with Gasteiger partial charge in [-0.05, 0) is 23.8 Å². The Balaban J connectivity index is 0.00000104. The third-order valence-electron chi connectivity index (χ3n) is 4.05. The average molecular weight is 352 g/mol. The van der Waals surface area contributed by atoms with Crippen molar-refractivity contribution in [3.63, 3.8) is 0 Å². The number of ether oxygens (including phenoxy) is 2. The van der Waals surface area contributed by atoms with Gasteiger partial charge in [0, 0.05) is 45.1 Å². The van der Waals surface area contributed by atoms with Crippen molar-refractivity contribution in [1.82, 2.24) is 14.9 Å². The van der Waals surface area contributed by atoms with Crippen molar-refractivity contribution in [2.45, 2.75) is 6.54 Å². The number of hydrogen-bond acceptors (Lipinski definition) is 6. The van der Waals surface area contributed by atoms with Gasteiger partial charge in [0.2, 0.25) is 12.7 Å². The minimum Gasteiger partial charge on any atom is -1.00 e. The summed E-state index contributed by atoms with van der Waals surface area (Å²) in [7, 11) is 0. The van der Waals surface area contributed by atoms with Crippen LogP contribution in [0.3, 0.4) is 0 Å². The predicted molar refractivity (Wildman–Crippen MR) is 85.7 cm³/mol. The number of fused-ring (bicyclic) bond motifs is 1. The molecule has 8 heteroatoms. The molecule has 24 heavy (non-hydrogen) atoms. The number of anilines is 1. The van der Waals surface area contributed by atoms with Gasteiger partial charge in [0.1, 0.15) is 0 Å². The Bertz CT molecular complexity index is 651. The van der Waals surface area contributed by atoms with E-state index >= 15 is 0 Å². The van der Waals surface area contributed by atoms with E-state index in [1.165, 1.54) is 5.56 Å². The monoisotopic (exact) mass is 351 g/mol. The summed E-state index contributed by atoms with van der Waals surface area (Å²) in [5.74, 6) is 2.52. The number of hydrogen-bond donors (Lipinski definition) is 0. The molecule has 2 aromatic rings. The standard InChI is InChI=1S/C16H18N4O2.ClH.H2O/c1-4-17-16(18-5-1)20-8-6-19(7-9-20)11-13-2-3-14-15(10-13)22-12-21-14;;/h1-5,10H,6-9,11-12H2;1H;1H2/p-1. The number of aromatic nitrogens is 2. The van der Waals surface area contributed by atoms with Crippen LogP contribution in [0, 0.1) is 0 Å². The Hall–Kier alpha value is -2.09. The predicted octanol–water partition coefficient (Wildman–Crippen LogP) is -2.29. The summed E-state index contributed by atoms with van der Waals surface area (Å²) in [5.41, 5.74) is 1.26. The van der Waals surface area contributed by atoms with Crippen LogP contribution in [0.25, 0.3) is 0 Å². The van der Waals surface area contributed by atoms with E-state index in [2.05, 4.69) is 31.9 Å². The topological polar surface area (TPSA) is 82.2 Å². The summed E-state index contributed by atoms with van der Waals surface area (Å²) in [4.78, 5) is 13.3. The van der Waals surface area contributed by atoms with Crippen LogP contribution in [0.1, 0.15) is 5.56 Å². The Labute approximate surface area is 146 Å². The van der Waals surface area contributed by atoms with E-state index in [1.807, 2.05) is 12.1 Å².